The van der Waals surface area contributed by atoms with Gasteiger partial charge in [0.2, 0.25) is 0 Å². The van der Waals surface area contributed by atoms with Crippen molar-refractivity contribution in [3.8, 4) is 44.5 Å². The number of rotatable bonds is 14. The standard InChI is InChI=1S/C85H70N2/c1-7-85(8-2,69-37-41-71(42-38-69)86(73-49-57(3)45-65(53-73)81-33-17-25-61-21-9-13-29-77(61)81)74-50-58(4)46-66(54-74)82-34-18-26-62-22-10-14-30-78(62)82)70-39-43-72(44-40-70)87(75-51-59(5)47-67(55-75)83-35-19-27-63-23-11-15-31-79(63)83)76-52-60(6)48-68(56-76)84-36-20-28-64-24-12-16-32-80(64)84/h9-56H,7-8H2,1-6H3. The summed E-state index contributed by atoms with van der Waals surface area (Å²) in [7, 11) is 0. The van der Waals surface area contributed by atoms with Crippen LogP contribution in [0.25, 0.3) is 87.6 Å². The third kappa shape index (κ3) is 10.3. The van der Waals surface area contributed by atoms with E-state index in [-0.39, 0.29) is 5.41 Å². The largest absolute Gasteiger partial charge is 0.310 e. The minimum absolute atomic E-state index is 0.252. The molecule has 0 bridgehead atoms. The SMILES string of the molecule is CCC(CC)(c1ccc(N(c2cc(C)cc(-c3cccc4ccccc34)c2)c2cc(C)cc(-c3cccc4ccccc34)c2)cc1)c1ccc(N(c2cc(C)cc(-c3cccc4ccccc34)c2)c2cc(C)cc(-c3cccc4ccccc34)c2)cc1. The molecule has 2 heteroatoms. The summed E-state index contributed by atoms with van der Waals surface area (Å²) in [6.45, 7) is 13.6. The maximum Gasteiger partial charge on any atom is 0.0470 e. The van der Waals surface area contributed by atoms with Gasteiger partial charge >= 0.3 is 0 Å². The van der Waals surface area contributed by atoms with Crippen LogP contribution in [0.1, 0.15) is 60.1 Å². The molecule has 0 aliphatic rings. The van der Waals surface area contributed by atoms with E-state index >= 15 is 0 Å². The highest BCUT2D eigenvalue weighted by atomic mass is 15.1. The van der Waals surface area contributed by atoms with Crippen LogP contribution >= 0.6 is 0 Å². The molecule has 0 aliphatic carbocycles. The van der Waals surface area contributed by atoms with Gasteiger partial charge in [0.15, 0.2) is 0 Å². The zero-order valence-corrected chi connectivity index (χ0v) is 50.5. The van der Waals surface area contributed by atoms with Gasteiger partial charge in [0.1, 0.15) is 0 Å². The summed E-state index contributed by atoms with van der Waals surface area (Å²) in [6, 6.07) is 109. The second-order valence-electron chi connectivity index (χ2n) is 23.9. The van der Waals surface area contributed by atoms with Crippen LogP contribution in [-0.2, 0) is 5.41 Å². The van der Waals surface area contributed by atoms with Crippen molar-refractivity contribution in [3.05, 3.63) is 325 Å². The maximum absolute atomic E-state index is 2.48. The normalized spacial score (nSPS) is 11.7. The van der Waals surface area contributed by atoms with Gasteiger partial charge in [0.25, 0.3) is 0 Å². The number of nitrogens with zero attached hydrogens (tertiary/aromatic N) is 2. The lowest BCUT2D eigenvalue weighted by atomic mass is 9.70. The van der Waals surface area contributed by atoms with Gasteiger partial charge in [0, 0.05) is 39.5 Å². The van der Waals surface area contributed by atoms with Crippen molar-refractivity contribution >= 4 is 77.2 Å². The zero-order chi connectivity index (χ0) is 59.2. The lowest BCUT2D eigenvalue weighted by molar-refractivity contribution is 0.478. The van der Waals surface area contributed by atoms with E-state index in [0.29, 0.717) is 0 Å². The van der Waals surface area contributed by atoms with E-state index in [1.807, 2.05) is 0 Å². The van der Waals surface area contributed by atoms with Gasteiger partial charge in [-0.05, 0) is 234 Å². The van der Waals surface area contributed by atoms with Crippen molar-refractivity contribution in [2.45, 2.75) is 59.8 Å². The average Bonchev–Trinajstić information content (AvgIpc) is 2.46. The summed E-state index contributed by atoms with van der Waals surface area (Å²) in [5.41, 5.74) is 23.6. The predicted molar refractivity (Wildman–Crippen MR) is 374 cm³/mol. The summed E-state index contributed by atoms with van der Waals surface area (Å²) >= 11 is 0. The first kappa shape index (κ1) is 54.6. The van der Waals surface area contributed by atoms with Crippen LogP contribution in [0.3, 0.4) is 0 Å². The van der Waals surface area contributed by atoms with E-state index in [9.17, 15) is 0 Å². The smallest absolute Gasteiger partial charge is 0.0470 e. The Balaban J connectivity index is 0.882. The van der Waals surface area contributed by atoms with Crippen molar-refractivity contribution in [3.63, 3.8) is 0 Å². The monoisotopic (exact) mass is 1120 g/mol. The van der Waals surface area contributed by atoms with Gasteiger partial charge in [-0.25, -0.2) is 0 Å². The molecule has 0 unspecified atom stereocenters. The fraction of sp³-hybridized carbons (Fsp3) is 0.106. The number of hydrogen-bond donors (Lipinski definition) is 0. The van der Waals surface area contributed by atoms with E-state index in [1.54, 1.807) is 0 Å². The van der Waals surface area contributed by atoms with Crippen LogP contribution in [0.5, 0.6) is 0 Å². The highest BCUT2D eigenvalue weighted by Gasteiger charge is 2.32. The minimum atomic E-state index is -0.252. The van der Waals surface area contributed by atoms with Crippen LogP contribution in [0.15, 0.2) is 291 Å². The van der Waals surface area contributed by atoms with Crippen LogP contribution in [0, 0.1) is 27.7 Å². The summed E-state index contributed by atoms with van der Waals surface area (Å²) in [5, 5.41) is 9.95. The Morgan fingerprint density at radius 1 is 0.241 bits per heavy atom. The molecule has 0 amide bonds. The molecule has 14 aromatic carbocycles. The topological polar surface area (TPSA) is 6.48 Å². The third-order valence-corrected chi connectivity index (χ3v) is 18.2. The number of fused-ring (bicyclic) bond motifs is 4. The number of benzene rings is 14. The molecule has 0 spiro atoms. The van der Waals surface area contributed by atoms with Crippen molar-refractivity contribution in [2.75, 3.05) is 9.80 Å². The molecule has 0 aliphatic heterocycles. The first-order valence-corrected chi connectivity index (χ1v) is 30.8. The van der Waals surface area contributed by atoms with Gasteiger partial charge in [-0.2, -0.15) is 0 Å². The van der Waals surface area contributed by atoms with Crippen LogP contribution in [0.2, 0.25) is 0 Å². The van der Waals surface area contributed by atoms with E-state index in [1.165, 1.54) is 121 Å². The molecule has 0 aromatic heterocycles. The highest BCUT2D eigenvalue weighted by molar-refractivity contribution is 6.02. The molecule has 14 rings (SSSR count). The molecule has 420 valence electrons. The van der Waals surface area contributed by atoms with Gasteiger partial charge < -0.3 is 9.80 Å². The molecule has 2 nitrogen and oxygen atoms in total. The zero-order valence-electron chi connectivity index (χ0n) is 50.5. The lowest BCUT2D eigenvalue weighted by Gasteiger charge is -2.35. The molecule has 0 heterocycles. The Kier molecular flexibility index (Phi) is 14.4. The third-order valence-electron chi connectivity index (χ3n) is 18.2. The molecule has 0 N–H and O–H groups in total. The molecule has 0 fully saturated rings. The molecular weight excluding hydrogens is 1050 g/mol. The summed E-state index contributed by atoms with van der Waals surface area (Å²) in [4.78, 5) is 4.95. The van der Waals surface area contributed by atoms with Crippen molar-refractivity contribution in [2.24, 2.45) is 0 Å². The van der Waals surface area contributed by atoms with Gasteiger partial charge in [0.05, 0.1) is 0 Å². The fourth-order valence-corrected chi connectivity index (χ4v) is 14.1. The Bertz CT molecular complexity index is 4300. The van der Waals surface area contributed by atoms with E-state index < -0.39 is 0 Å². The quantitative estimate of drug-likeness (QED) is 0.107. The van der Waals surface area contributed by atoms with Gasteiger partial charge in [-0.1, -0.05) is 232 Å². The molecule has 0 atom stereocenters. The molecule has 0 radical (unpaired) electrons. The number of hydrogen-bond acceptors (Lipinski definition) is 2. The van der Waals surface area contributed by atoms with Crippen molar-refractivity contribution in [1.82, 2.24) is 0 Å². The Morgan fingerprint density at radius 2 is 0.483 bits per heavy atom. The molecular formula is C85H70N2. The first-order valence-electron chi connectivity index (χ1n) is 30.8. The van der Waals surface area contributed by atoms with Crippen LogP contribution < -0.4 is 9.80 Å². The number of anilines is 6. The minimum Gasteiger partial charge on any atom is -0.310 e. The Morgan fingerprint density at radius 3 is 0.736 bits per heavy atom. The number of aryl methyl sites for hydroxylation is 4. The molecule has 14 aromatic rings. The van der Waals surface area contributed by atoms with E-state index in [2.05, 4.69) is 343 Å². The average molecular weight is 1120 g/mol. The fourth-order valence-electron chi connectivity index (χ4n) is 14.1. The van der Waals surface area contributed by atoms with Crippen molar-refractivity contribution in [1.29, 1.82) is 0 Å². The maximum atomic E-state index is 2.48. The Hall–Kier alpha value is -10.3. The van der Waals surface area contributed by atoms with Crippen LogP contribution in [-0.4, -0.2) is 0 Å². The Labute approximate surface area is 512 Å². The summed E-state index contributed by atoms with van der Waals surface area (Å²) in [6.07, 6.45) is 1.87. The molecule has 0 saturated carbocycles. The second-order valence-corrected chi connectivity index (χ2v) is 23.9. The summed E-state index contributed by atoms with van der Waals surface area (Å²) < 4.78 is 0. The second kappa shape index (κ2) is 23.0. The molecule has 87 heavy (non-hydrogen) atoms. The van der Waals surface area contributed by atoms with Gasteiger partial charge in [-0.15, -0.1) is 0 Å². The lowest BCUT2D eigenvalue weighted by Crippen LogP contribution is -2.26. The van der Waals surface area contributed by atoms with Gasteiger partial charge in [-0.3, -0.25) is 0 Å². The van der Waals surface area contributed by atoms with E-state index in [0.717, 1.165) is 47.0 Å². The molecule has 0 saturated heterocycles. The first-order chi connectivity index (χ1) is 42.6. The van der Waals surface area contributed by atoms with Crippen molar-refractivity contribution < 1.29 is 0 Å². The summed E-state index contributed by atoms with van der Waals surface area (Å²) in [5.74, 6) is 0. The van der Waals surface area contributed by atoms with E-state index in [4.69, 9.17) is 0 Å². The predicted octanol–water partition coefficient (Wildman–Crippen LogP) is 24.2. The van der Waals surface area contributed by atoms with Crippen LogP contribution in [0.4, 0.5) is 34.1 Å². The highest BCUT2D eigenvalue weighted by Crippen LogP contribution is 2.47.